The van der Waals surface area contributed by atoms with E-state index in [0.29, 0.717) is 5.03 Å². The Balaban J connectivity index is 4.43. The van der Waals surface area contributed by atoms with Crippen LogP contribution in [0.15, 0.2) is 10.6 Å². The Morgan fingerprint density at radius 3 is 2.09 bits per heavy atom. The van der Waals surface area contributed by atoms with Gasteiger partial charge in [-0.15, -0.1) is 12.6 Å². The first kappa shape index (κ1) is 9.87. The minimum Gasteiger partial charge on any atom is -0.376 e. The van der Waals surface area contributed by atoms with Crippen LogP contribution in [0.3, 0.4) is 0 Å². The minimum atomic E-state index is 0.0158. The van der Waals surface area contributed by atoms with E-state index >= 15 is 0 Å². The fourth-order valence-electron chi connectivity index (χ4n) is 0.477. The topological polar surface area (TPSA) is 59.6 Å². The third-order valence-corrected chi connectivity index (χ3v) is 1.24. The van der Waals surface area contributed by atoms with Crippen molar-refractivity contribution in [2.75, 3.05) is 0 Å². The van der Waals surface area contributed by atoms with Crippen molar-refractivity contribution in [3.05, 3.63) is 10.6 Å². The number of nitrogens with one attached hydrogen (secondary N) is 1. The van der Waals surface area contributed by atoms with Crippen molar-refractivity contribution in [3.8, 4) is 12.1 Å². The fourth-order valence-corrected chi connectivity index (χ4v) is 0.835. The summed E-state index contributed by atoms with van der Waals surface area (Å²) in [6.45, 7) is 3.81. The van der Waals surface area contributed by atoms with Crippen LogP contribution in [0.2, 0.25) is 0 Å². The van der Waals surface area contributed by atoms with Crippen molar-refractivity contribution in [1.29, 1.82) is 10.5 Å². The lowest BCUT2D eigenvalue weighted by Crippen LogP contribution is -2.20. The molecule has 0 aliphatic carbocycles. The lowest BCUT2D eigenvalue weighted by Gasteiger charge is -2.07. The van der Waals surface area contributed by atoms with E-state index < -0.39 is 0 Å². The van der Waals surface area contributed by atoms with Gasteiger partial charge in [-0.1, -0.05) is 0 Å². The zero-order chi connectivity index (χ0) is 8.85. The van der Waals surface area contributed by atoms with Crippen LogP contribution in [-0.4, -0.2) is 6.04 Å². The lowest BCUT2D eigenvalue weighted by molar-refractivity contribution is 0.694. The van der Waals surface area contributed by atoms with Gasteiger partial charge in [0.05, 0.1) is 5.03 Å². The Morgan fingerprint density at radius 2 is 1.82 bits per heavy atom. The average Bonchev–Trinajstić information content (AvgIpc) is 1.88. The van der Waals surface area contributed by atoms with Gasteiger partial charge < -0.3 is 5.32 Å². The lowest BCUT2D eigenvalue weighted by atomic mass is 10.3. The quantitative estimate of drug-likeness (QED) is 0.479. The highest BCUT2D eigenvalue weighted by Gasteiger charge is 2.01. The zero-order valence-corrected chi connectivity index (χ0v) is 7.31. The zero-order valence-electron chi connectivity index (χ0n) is 6.42. The predicted octanol–water partition coefficient (Wildman–Crippen LogP) is 1.17. The maximum absolute atomic E-state index is 8.39. The van der Waals surface area contributed by atoms with Gasteiger partial charge in [-0.3, -0.25) is 0 Å². The third kappa shape index (κ3) is 3.54. The summed E-state index contributed by atoms with van der Waals surface area (Å²) in [6, 6.07) is 3.65. The van der Waals surface area contributed by atoms with Gasteiger partial charge in [0.25, 0.3) is 0 Å². The van der Waals surface area contributed by atoms with E-state index in [2.05, 4.69) is 17.9 Å². The molecule has 0 rings (SSSR count). The van der Waals surface area contributed by atoms with Gasteiger partial charge in [-0.05, 0) is 13.8 Å². The Bertz CT molecular complexity index is 225. The van der Waals surface area contributed by atoms with Crippen LogP contribution in [-0.2, 0) is 0 Å². The summed E-state index contributed by atoms with van der Waals surface area (Å²) >= 11 is 3.95. The van der Waals surface area contributed by atoms with Crippen molar-refractivity contribution in [3.63, 3.8) is 0 Å². The predicted molar refractivity (Wildman–Crippen MR) is 45.5 cm³/mol. The third-order valence-electron chi connectivity index (χ3n) is 0.886. The molecule has 0 saturated heterocycles. The maximum Gasteiger partial charge on any atom is 0.159 e. The second-order valence-corrected chi connectivity index (χ2v) is 2.69. The smallest absolute Gasteiger partial charge is 0.159 e. The molecule has 0 saturated carbocycles. The number of nitriles is 2. The fraction of sp³-hybridized carbons (Fsp3) is 0.429. The molecule has 0 aliphatic heterocycles. The molecule has 0 atom stereocenters. The summed E-state index contributed by atoms with van der Waals surface area (Å²) in [4.78, 5) is 0. The van der Waals surface area contributed by atoms with Gasteiger partial charge in [0.15, 0.2) is 5.57 Å². The van der Waals surface area contributed by atoms with Crippen molar-refractivity contribution in [2.24, 2.45) is 0 Å². The average molecular weight is 167 g/mol. The highest BCUT2D eigenvalue weighted by atomic mass is 32.1. The summed E-state index contributed by atoms with van der Waals surface area (Å²) in [5.41, 5.74) is 0.0158. The van der Waals surface area contributed by atoms with Gasteiger partial charge in [0.2, 0.25) is 0 Å². The van der Waals surface area contributed by atoms with Crippen LogP contribution < -0.4 is 5.32 Å². The van der Waals surface area contributed by atoms with E-state index in [9.17, 15) is 0 Å². The molecule has 0 heterocycles. The van der Waals surface area contributed by atoms with Crippen molar-refractivity contribution >= 4 is 12.6 Å². The van der Waals surface area contributed by atoms with E-state index in [1.54, 1.807) is 12.1 Å². The van der Waals surface area contributed by atoms with Crippen LogP contribution in [0.5, 0.6) is 0 Å². The van der Waals surface area contributed by atoms with Gasteiger partial charge in [-0.2, -0.15) is 10.5 Å². The minimum absolute atomic E-state index is 0.0158. The Hall–Kier alpha value is -1.13. The number of nitrogens with zero attached hydrogens (tertiary/aromatic N) is 2. The summed E-state index contributed by atoms with van der Waals surface area (Å²) in [7, 11) is 0. The molecule has 3 nitrogen and oxygen atoms in total. The highest BCUT2D eigenvalue weighted by Crippen LogP contribution is 2.04. The number of thiol groups is 1. The molecular formula is C7H9N3S. The van der Waals surface area contributed by atoms with Crippen LogP contribution >= 0.6 is 12.6 Å². The van der Waals surface area contributed by atoms with E-state index in [-0.39, 0.29) is 11.6 Å². The van der Waals surface area contributed by atoms with E-state index in [1.807, 2.05) is 13.8 Å². The van der Waals surface area contributed by atoms with E-state index in [1.165, 1.54) is 0 Å². The van der Waals surface area contributed by atoms with Crippen molar-refractivity contribution in [1.82, 2.24) is 5.32 Å². The molecule has 4 heteroatoms. The molecule has 0 aliphatic rings. The van der Waals surface area contributed by atoms with Gasteiger partial charge in [-0.25, -0.2) is 0 Å². The molecule has 0 radical (unpaired) electrons. The summed E-state index contributed by atoms with van der Waals surface area (Å²) in [5, 5.41) is 20.0. The molecule has 0 aromatic rings. The van der Waals surface area contributed by atoms with E-state index in [0.717, 1.165) is 0 Å². The van der Waals surface area contributed by atoms with Gasteiger partial charge >= 0.3 is 0 Å². The number of allylic oxidation sites excluding steroid dienone is 1. The Kier molecular flexibility index (Phi) is 4.17. The summed E-state index contributed by atoms with van der Waals surface area (Å²) < 4.78 is 0. The monoisotopic (exact) mass is 167 g/mol. The molecule has 0 fully saturated rings. The molecule has 11 heavy (non-hydrogen) atoms. The van der Waals surface area contributed by atoms with Crippen LogP contribution in [0.1, 0.15) is 13.8 Å². The molecule has 0 spiro atoms. The Morgan fingerprint density at radius 1 is 1.36 bits per heavy atom. The number of rotatable bonds is 2. The second-order valence-electron chi connectivity index (χ2n) is 2.25. The molecule has 0 aromatic carbocycles. The van der Waals surface area contributed by atoms with E-state index in [4.69, 9.17) is 10.5 Å². The highest BCUT2D eigenvalue weighted by molar-refractivity contribution is 7.84. The van der Waals surface area contributed by atoms with Crippen molar-refractivity contribution in [2.45, 2.75) is 19.9 Å². The van der Waals surface area contributed by atoms with Crippen LogP contribution in [0.25, 0.3) is 0 Å². The molecule has 0 unspecified atom stereocenters. The standard InChI is InChI=1S/C7H9N3S/c1-5(2)10-7(11)6(3-8)4-9/h5,10-11H,1-2H3. The molecule has 58 valence electrons. The Labute approximate surface area is 71.7 Å². The number of hydrogen-bond acceptors (Lipinski definition) is 4. The molecule has 0 aromatic heterocycles. The first-order valence-electron chi connectivity index (χ1n) is 3.11. The van der Waals surface area contributed by atoms with Crippen molar-refractivity contribution < 1.29 is 0 Å². The van der Waals surface area contributed by atoms with Gasteiger partial charge in [0, 0.05) is 6.04 Å². The van der Waals surface area contributed by atoms with Gasteiger partial charge in [0.1, 0.15) is 12.1 Å². The number of hydrogen-bond donors (Lipinski definition) is 2. The maximum atomic E-state index is 8.39. The SMILES string of the molecule is CC(C)NC(S)=C(C#N)C#N. The van der Waals surface area contributed by atoms with Crippen LogP contribution in [0, 0.1) is 22.7 Å². The molecule has 0 bridgehead atoms. The largest absolute Gasteiger partial charge is 0.376 e. The first-order chi connectivity index (χ1) is 5.11. The normalized spacial score (nSPS) is 8.18. The molecule has 1 N–H and O–H groups in total. The molecular weight excluding hydrogens is 158 g/mol. The van der Waals surface area contributed by atoms with Crippen LogP contribution in [0.4, 0.5) is 0 Å². The summed E-state index contributed by atoms with van der Waals surface area (Å²) in [5.74, 6) is 0. The summed E-state index contributed by atoms with van der Waals surface area (Å²) in [6.07, 6.45) is 0. The second kappa shape index (κ2) is 4.65. The first-order valence-corrected chi connectivity index (χ1v) is 3.56. The molecule has 0 amide bonds.